The summed E-state index contributed by atoms with van der Waals surface area (Å²) >= 11 is 0. The SMILES string of the molecule is CC(C)C1CC(=O)N(C)N=C1c1ccc(NC(=O)N2Cc3ccncc3C2)cc1. The van der Waals surface area contributed by atoms with Gasteiger partial charge >= 0.3 is 6.03 Å². The van der Waals surface area contributed by atoms with E-state index in [0.29, 0.717) is 25.4 Å². The average molecular weight is 391 g/mol. The number of nitrogens with one attached hydrogen (secondary N) is 1. The van der Waals surface area contributed by atoms with Crippen molar-refractivity contribution < 1.29 is 9.59 Å². The van der Waals surface area contributed by atoms with Crippen LogP contribution in [0.4, 0.5) is 10.5 Å². The molecule has 0 radical (unpaired) electrons. The molecule has 0 aliphatic carbocycles. The Bertz CT molecular complexity index is 942. The highest BCUT2D eigenvalue weighted by molar-refractivity contribution is 6.06. The maximum Gasteiger partial charge on any atom is 0.322 e. The van der Waals surface area contributed by atoms with Gasteiger partial charge in [-0.15, -0.1) is 0 Å². The fourth-order valence-electron chi connectivity index (χ4n) is 3.82. The molecule has 0 saturated heterocycles. The van der Waals surface area contributed by atoms with Crippen LogP contribution >= 0.6 is 0 Å². The number of aromatic nitrogens is 1. The first-order valence-electron chi connectivity index (χ1n) is 9.85. The Hall–Kier alpha value is -3.22. The largest absolute Gasteiger partial charge is 0.322 e. The molecule has 1 aromatic heterocycles. The van der Waals surface area contributed by atoms with E-state index in [4.69, 9.17) is 0 Å². The number of carbonyl (C=O) groups excluding carboxylic acids is 2. The van der Waals surface area contributed by atoms with Crippen LogP contribution in [-0.4, -0.2) is 39.6 Å². The van der Waals surface area contributed by atoms with Gasteiger partial charge in [0.15, 0.2) is 0 Å². The standard InChI is InChI=1S/C22H25N5O2/c1-14(2)19-10-20(28)26(3)25-21(19)15-4-6-18(7-5-15)24-22(29)27-12-16-8-9-23-11-17(16)13-27/h4-9,11,14,19H,10,12-13H2,1-3H3,(H,24,29). The minimum atomic E-state index is -0.130. The van der Waals surface area contributed by atoms with Crippen molar-refractivity contribution in [1.82, 2.24) is 14.9 Å². The van der Waals surface area contributed by atoms with Crippen molar-refractivity contribution in [2.75, 3.05) is 12.4 Å². The average Bonchev–Trinajstić information content (AvgIpc) is 3.15. The van der Waals surface area contributed by atoms with Gasteiger partial charge in [0.25, 0.3) is 0 Å². The van der Waals surface area contributed by atoms with Gasteiger partial charge in [-0.3, -0.25) is 9.78 Å². The summed E-state index contributed by atoms with van der Waals surface area (Å²) in [5.74, 6) is 0.450. The minimum Gasteiger partial charge on any atom is -0.316 e. The second kappa shape index (κ2) is 7.66. The van der Waals surface area contributed by atoms with Crippen LogP contribution in [0, 0.1) is 11.8 Å². The highest BCUT2D eigenvalue weighted by Gasteiger charge is 2.30. The van der Waals surface area contributed by atoms with Crippen molar-refractivity contribution in [3.63, 3.8) is 0 Å². The smallest absolute Gasteiger partial charge is 0.316 e. The molecular formula is C22H25N5O2. The Morgan fingerprint density at radius 1 is 1.14 bits per heavy atom. The maximum absolute atomic E-state index is 12.6. The predicted octanol–water partition coefficient (Wildman–Crippen LogP) is 3.47. The van der Waals surface area contributed by atoms with Gasteiger partial charge in [-0.2, -0.15) is 5.10 Å². The number of urea groups is 1. The summed E-state index contributed by atoms with van der Waals surface area (Å²) in [6.45, 7) is 5.38. The van der Waals surface area contributed by atoms with Crippen molar-refractivity contribution >= 4 is 23.3 Å². The van der Waals surface area contributed by atoms with E-state index in [1.807, 2.05) is 36.5 Å². The van der Waals surface area contributed by atoms with Gasteiger partial charge < -0.3 is 10.2 Å². The van der Waals surface area contributed by atoms with E-state index in [2.05, 4.69) is 29.2 Å². The summed E-state index contributed by atoms with van der Waals surface area (Å²) in [7, 11) is 1.69. The Labute approximate surface area is 170 Å². The van der Waals surface area contributed by atoms with Crippen molar-refractivity contribution in [2.45, 2.75) is 33.4 Å². The normalized spacial score (nSPS) is 18.7. The topological polar surface area (TPSA) is 77.9 Å². The minimum absolute atomic E-state index is 0.0399. The van der Waals surface area contributed by atoms with E-state index >= 15 is 0 Å². The van der Waals surface area contributed by atoms with Crippen LogP contribution in [0.5, 0.6) is 0 Å². The number of hydrogen-bond donors (Lipinski definition) is 1. The predicted molar refractivity (Wildman–Crippen MR) is 111 cm³/mol. The Kier molecular flexibility index (Phi) is 5.05. The fourth-order valence-corrected chi connectivity index (χ4v) is 3.82. The summed E-state index contributed by atoms with van der Waals surface area (Å²) in [5, 5.41) is 8.89. The monoisotopic (exact) mass is 391 g/mol. The Morgan fingerprint density at radius 2 is 1.86 bits per heavy atom. The number of hydrogen-bond acceptors (Lipinski definition) is 4. The molecular weight excluding hydrogens is 366 g/mol. The molecule has 3 amide bonds. The van der Waals surface area contributed by atoms with Crippen molar-refractivity contribution in [2.24, 2.45) is 16.9 Å². The fraction of sp³-hybridized carbons (Fsp3) is 0.364. The Morgan fingerprint density at radius 3 is 2.55 bits per heavy atom. The molecule has 1 atom stereocenters. The molecule has 2 aromatic rings. The van der Waals surface area contributed by atoms with Gasteiger partial charge in [0.1, 0.15) is 0 Å². The number of pyridine rings is 1. The van der Waals surface area contributed by atoms with Gasteiger partial charge in [0.2, 0.25) is 5.91 Å². The molecule has 7 heteroatoms. The van der Waals surface area contributed by atoms with Crippen LogP contribution in [0.1, 0.15) is 37.0 Å². The van der Waals surface area contributed by atoms with Crippen molar-refractivity contribution in [1.29, 1.82) is 0 Å². The van der Waals surface area contributed by atoms with Crippen LogP contribution in [0.3, 0.4) is 0 Å². The van der Waals surface area contributed by atoms with Crippen LogP contribution in [-0.2, 0) is 17.9 Å². The van der Waals surface area contributed by atoms with E-state index in [9.17, 15) is 9.59 Å². The van der Waals surface area contributed by atoms with Gasteiger partial charge in [-0.1, -0.05) is 26.0 Å². The summed E-state index contributed by atoms with van der Waals surface area (Å²) < 4.78 is 0. The zero-order valence-corrected chi connectivity index (χ0v) is 16.9. The zero-order chi connectivity index (χ0) is 20.5. The molecule has 0 fully saturated rings. The molecule has 29 heavy (non-hydrogen) atoms. The second-order valence-electron chi connectivity index (χ2n) is 7.97. The number of fused-ring (bicyclic) bond motifs is 1. The van der Waals surface area contributed by atoms with Crippen LogP contribution in [0.2, 0.25) is 0 Å². The lowest BCUT2D eigenvalue weighted by Crippen LogP contribution is -2.37. The number of carbonyl (C=O) groups is 2. The van der Waals surface area contributed by atoms with E-state index in [1.54, 1.807) is 18.1 Å². The molecule has 0 bridgehead atoms. The highest BCUT2D eigenvalue weighted by Crippen LogP contribution is 2.27. The molecule has 2 aliphatic rings. The van der Waals surface area contributed by atoms with Gasteiger partial charge in [0.05, 0.1) is 5.71 Å². The van der Waals surface area contributed by atoms with Gasteiger partial charge in [-0.25, -0.2) is 9.80 Å². The highest BCUT2D eigenvalue weighted by atomic mass is 16.2. The lowest BCUT2D eigenvalue weighted by molar-refractivity contribution is -0.131. The quantitative estimate of drug-likeness (QED) is 0.870. The van der Waals surface area contributed by atoms with E-state index in [0.717, 1.165) is 28.1 Å². The molecule has 7 nitrogen and oxygen atoms in total. The summed E-state index contributed by atoms with van der Waals surface area (Å²) in [6.07, 6.45) is 4.04. The van der Waals surface area contributed by atoms with Crippen LogP contribution in [0.15, 0.2) is 47.8 Å². The van der Waals surface area contributed by atoms with E-state index in [1.165, 1.54) is 5.01 Å². The summed E-state index contributed by atoms with van der Waals surface area (Å²) in [6, 6.07) is 9.50. The number of amides is 3. The summed E-state index contributed by atoms with van der Waals surface area (Å²) in [5.41, 5.74) is 4.85. The first-order chi connectivity index (χ1) is 13.9. The third-order valence-electron chi connectivity index (χ3n) is 5.62. The number of benzene rings is 1. The first kappa shape index (κ1) is 19.1. The van der Waals surface area contributed by atoms with Gasteiger partial charge in [-0.05, 0) is 40.8 Å². The lowest BCUT2D eigenvalue weighted by atomic mass is 9.83. The van der Waals surface area contributed by atoms with E-state index in [-0.39, 0.29) is 17.9 Å². The molecule has 2 aliphatic heterocycles. The number of nitrogens with zero attached hydrogens (tertiary/aromatic N) is 4. The number of hydrazone groups is 1. The molecule has 0 spiro atoms. The molecule has 3 heterocycles. The summed E-state index contributed by atoms with van der Waals surface area (Å²) in [4.78, 5) is 30.5. The van der Waals surface area contributed by atoms with Crippen molar-refractivity contribution in [3.05, 3.63) is 59.4 Å². The van der Waals surface area contributed by atoms with Crippen molar-refractivity contribution in [3.8, 4) is 0 Å². The number of anilines is 1. The number of rotatable bonds is 3. The third-order valence-corrected chi connectivity index (χ3v) is 5.62. The molecule has 0 saturated carbocycles. The van der Waals surface area contributed by atoms with Crippen LogP contribution in [0.25, 0.3) is 0 Å². The molecule has 1 unspecified atom stereocenters. The molecule has 4 rings (SSSR count). The molecule has 150 valence electrons. The molecule has 1 N–H and O–H groups in total. The second-order valence-corrected chi connectivity index (χ2v) is 7.97. The first-order valence-corrected chi connectivity index (χ1v) is 9.85. The van der Waals surface area contributed by atoms with Gasteiger partial charge in [0, 0.05) is 50.6 Å². The lowest BCUT2D eigenvalue weighted by Gasteiger charge is -2.30. The van der Waals surface area contributed by atoms with Crippen LogP contribution < -0.4 is 5.32 Å². The van der Waals surface area contributed by atoms with E-state index < -0.39 is 0 Å². The zero-order valence-electron chi connectivity index (χ0n) is 16.9. The Balaban J connectivity index is 1.46. The molecule has 1 aromatic carbocycles. The third kappa shape index (κ3) is 3.85. The maximum atomic E-state index is 12.6.